The topological polar surface area (TPSA) is 76.7 Å². The van der Waals surface area contributed by atoms with Gasteiger partial charge in [0.2, 0.25) is 0 Å². The Morgan fingerprint density at radius 2 is 2.09 bits per heavy atom. The van der Waals surface area contributed by atoms with E-state index < -0.39 is 5.76 Å². The summed E-state index contributed by atoms with van der Waals surface area (Å²) >= 11 is 3.47. The van der Waals surface area contributed by atoms with Gasteiger partial charge in [0.1, 0.15) is 6.33 Å². The van der Waals surface area contributed by atoms with E-state index in [2.05, 4.69) is 35.6 Å². The summed E-state index contributed by atoms with van der Waals surface area (Å²) in [4.78, 5) is 18.0. The van der Waals surface area contributed by atoms with Crippen molar-refractivity contribution < 1.29 is 4.52 Å². The van der Waals surface area contributed by atoms with E-state index in [0.717, 1.165) is 26.8 Å². The summed E-state index contributed by atoms with van der Waals surface area (Å²) in [6, 6.07) is 13.6. The molecule has 0 amide bonds. The molecule has 22 heavy (non-hydrogen) atoms. The van der Waals surface area contributed by atoms with Crippen molar-refractivity contribution in [3.63, 3.8) is 0 Å². The Morgan fingerprint density at radius 3 is 2.86 bits per heavy atom. The Hall–Kier alpha value is -2.67. The number of nitrogens with zero attached hydrogens (tertiary/aromatic N) is 3. The highest BCUT2D eigenvalue weighted by Gasteiger charge is 2.09. The summed E-state index contributed by atoms with van der Waals surface area (Å²) in [6.45, 7) is 0. The highest BCUT2D eigenvalue weighted by atomic mass is 79.9. The van der Waals surface area contributed by atoms with E-state index in [9.17, 15) is 4.79 Å². The molecule has 7 heteroatoms. The molecular weight excluding hydrogens is 348 g/mol. The van der Waals surface area contributed by atoms with E-state index in [-0.39, 0.29) is 0 Å². The fourth-order valence-electron chi connectivity index (χ4n) is 2.34. The van der Waals surface area contributed by atoms with Crippen LogP contribution >= 0.6 is 15.9 Å². The van der Waals surface area contributed by atoms with Crippen LogP contribution in [0, 0.1) is 0 Å². The lowest BCUT2D eigenvalue weighted by molar-refractivity contribution is 0.388. The van der Waals surface area contributed by atoms with E-state index >= 15 is 0 Å². The fourth-order valence-corrected chi connectivity index (χ4v) is 2.73. The van der Waals surface area contributed by atoms with E-state index in [4.69, 9.17) is 0 Å². The van der Waals surface area contributed by atoms with Crippen molar-refractivity contribution in [3.05, 3.63) is 63.8 Å². The molecule has 0 atom stereocenters. The van der Waals surface area contributed by atoms with Gasteiger partial charge in [0.25, 0.3) is 0 Å². The summed E-state index contributed by atoms with van der Waals surface area (Å²) in [7, 11) is 0. The quantitative estimate of drug-likeness (QED) is 0.598. The van der Waals surface area contributed by atoms with E-state index in [1.807, 2.05) is 47.0 Å². The maximum Gasteiger partial charge on any atom is 0.439 e. The molecule has 4 rings (SSSR count). The third-order valence-corrected chi connectivity index (χ3v) is 3.84. The SMILES string of the molecule is O=c1[nH]c(-c2ccc3ncn(-c4cccc(Br)c4)c3c2)no1. The van der Waals surface area contributed by atoms with Gasteiger partial charge in [-0.25, -0.2) is 9.78 Å². The maximum atomic E-state index is 11.1. The van der Waals surface area contributed by atoms with Crippen LogP contribution in [0.5, 0.6) is 0 Å². The Labute approximate surface area is 132 Å². The molecule has 0 saturated heterocycles. The smallest absolute Gasteiger partial charge is 0.299 e. The Bertz CT molecular complexity index is 1030. The van der Waals surface area contributed by atoms with Gasteiger partial charge in [-0.3, -0.25) is 14.1 Å². The molecular formula is C15H9BrN4O2. The second-order valence-electron chi connectivity index (χ2n) is 4.74. The Balaban J connectivity index is 1.92. The van der Waals surface area contributed by atoms with Crippen LogP contribution < -0.4 is 5.76 Å². The zero-order valence-electron chi connectivity index (χ0n) is 11.2. The van der Waals surface area contributed by atoms with Crippen molar-refractivity contribution in [3.8, 4) is 17.1 Å². The van der Waals surface area contributed by atoms with Crippen LogP contribution in [0.3, 0.4) is 0 Å². The first-order valence-corrected chi connectivity index (χ1v) is 7.29. The third kappa shape index (κ3) is 2.15. The van der Waals surface area contributed by atoms with Crippen molar-refractivity contribution in [2.75, 3.05) is 0 Å². The Morgan fingerprint density at radius 1 is 1.18 bits per heavy atom. The molecule has 0 saturated carbocycles. The molecule has 2 aromatic heterocycles. The molecule has 1 N–H and O–H groups in total. The molecule has 6 nitrogen and oxygen atoms in total. The summed E-state index contributed by atoms with van der Waals surface area (Å²) in [5.41, 5.74) is 3.52. The van der Waals surface area contributed by atoms with E-state index in [1.165, 1.54) is 0 Å². The molecule has 2 heterocycles. The predicted octanol–water partition coefficient (Wildman–Crippen LogP) is 3.13. The van der Waals surface area contributed by atoms with Gasteiger partial charge in [0.15, 0.2) is 5.82 Å². The molecule has 0 radical (unpaired) electrons. The second kappa shape index (κ2) is 4.96. The molecule has 0 fully saturated rings. The van der Waals surface area contributed by atoms with Crippen LogP contribution in [0.2, 0.25) is 0 Å². The standard InChI is InChI=1S/C15H9BrN4O2/c16-10-2-1-3-11(7-10)20-8-17-12-5-4-9(6-13(12)20)14-18-15(21)22-19-14/h1-8H,(H,18,19,21). The first kappa shape index (κ1) is 13.0. The lowest BCUT2D eigenvalue weighted by atomic mass is 10.2. The number of imidazole rings is 1. The third-order valence-electron chi connectivity index (χ3n) is 3.35. The molecule has 0 spiro atoms. The number of aromatic amines is 1. The van der Waals surface area contributed by atoms with E-state index in [0.29, 0.717) is 5.82 Å². The average Bonchev–Trinajstić information content (AvgIpc) is 3.12. The average molecular weight is 357 g/mol. The lowest BCUT2D eigenvalue weighted by Crippen LogP contribution is -1.95. The minimum absolute atomic E-state index is 0.397. The van der Waals surface area contributed by atoms with Gasteiger partial charge < -0.3 is 0 Å². The van der Waals surface area contributed by atoms with Crippen molar-refractivity contribution in [2.24, 2.45) is 0 Å². The van der Waals surface area contributed by atoms with Crippen LogP contribution in [0.25, 0.3) is 28.1 Å². The number of hydrogen-bond acceptors (Lipinski definition) is 4. The zero-order chi connectivity index (χ0) is 15.1. The molecule has 0 aliphatic carbocycles. The van der Waals surface area contributed by atoms with Gasteiger partial charge in [-0.15, -0.1) is 0 Å². The number of H-pyrrole nitrogens is 1. The highest BCUT2D eigenvalue weighted by Crippen LogP contribution is 2.24. The minimum atomic E-state index is -0.574. The molecule has 2 aromatic carbocycles. The van der Waals surface area contributed by atoms with Gasteiger partial charge >= 0.3 is 5.76 Å². The normalized spacial score (nSPS) is 11.1. The fraction of sp³-hybridized carbons (Fsp3) is 0. The largest absolute Gasteiger partial charge is 0.439 e. The van der Waals surface area contributed by atoms with Gasteiger partial charge in [0, 0.05) is 15.7 Å². The van der Waals surface area contributed by atoms with Crippen molar-refractivity contribution in [1.29, 1.82) is 0 Å². The molecule has 4 aromatic rings. The molecule has 108 valence electrons. The predicted molar refractivity (Wildman–Crippen MR) is 84.9 cm³/mol. The van der Waals surface area contributed by atoms with Gasteiger partial charge in [-0.05, 0) is 36.4 Å². The first-order valence-electron chi connectivity index (χ1n) is 6.50. The van der Waals surface area contributed by atoms with Crippen LogP contribution in [0.15, 0.2) is 62.6 Å². The number of aromatic nitrogens is 4. The Kier molecular flexibility index (Phi) is 2.93. The van der Waals surface area contributed by atoms with Crippen molar-refractivity contribution in [1.82, 2.24) is 19.7 Å². The number of halogens is 1. The maximum absolute atomic E-state index is 11.1. The van der Waals surface area contributed by atoms with Crippen LogP contribution in [-0.4, -0.2) is 19.7 Å². The summed E-state index contributed by atoms with van der Waals surface area (Å²) < 4.78 is 7.52. The zero-order valence-corrected chi connectivity index (χ0v) is 12.7. The van der Waals surface area contributed by atoms with Crippen LogP contribution in [0.4, 0.5) is 0 Å². The second-order valence-corrected chi connectivity index (χ2v) is 5.66. The van der Waals surface area contributed by atoms with Gasteiger partial charge in [-0.2, -0.15) is 0 Å². The van der Waals surface area contributed by atoms with Crippen LogP contribution in [0.1, 0.15) is 0 Å². The summed E-state index contributed by atoms with van der Waals surface area (Å²) in [5.74, 6) is -0.176. The molecule has 0 bridgehead atoms. The minimum Gasteiger partial charge on any atom is -0.299 e. The van der Waals surface area contributed by atoms with E-state index in [1.54, 1.807) is 6.33 Å². The number of fused-ring (bicyclic) bond motifs is 1. The monoisotopic (exact) mass is 356 g/mol. The highest BCUT2D eigenvalue weighted by molar-refractivity contribution is 9.10. The number of hydrogen-bond donors (Lipinski definition) is 1. The number of nitrogens with one attached hydrogen (secondary N) is 1. The van der Waals surface area contributed by atoms with Crippen LogP contribution in [-0.2, 0) is 0 Å². The van der Waals surface area contributed by atoms with Gasteiger partial charge in [-0.1, -0.05) is 27.2 Å². The molecule has 0 unspecified atom stereocenters. The molecule has 0 aliphatic rings. The number of rotatable bonds is 2. The van der Waals surface area contributed by atoms with Gasteiger partial charge in [0.05, 0.1) is 11.0 Å². The summed E-state index contributed by atoms with van der Waals surface area (Å²) in [5, 5.41) is 3.71. The molecule has 0 aliphatic heterocycles. The summed E-state index contributed by atoms with van der Waals surface area (Å²) in [6.07, 6.45) is 1.77. The number of benzene rings is 2. The van der Waals surface area contributed by atoms with Crippen molar-refractivity contribution in [2.45, 2.75) is 0 Å². The van der Waals surface area contributed by atoms with Crippen molar-refractivity contribution >= 4 is 27.0 Å². The lowest BCUT2D eigenvalue weighted by Gasteiger charge is -2.05. The first-order chi connectivity index (χ1) is 10.7.